The van der Waals surface area contributed by atoms with Gasteiger partial charge in [-0.1, -0.05) is 30.3 Å². The van der Waals surface area contributed by atoms with Crippen LogP contribution in [0.2, 0.25) is 0 Å². The highest BCUT2D eigenvalue weighted by atomic mass is 32.1. The number of fused-ring (bicyclic) bond motifs is 1. The lowest BCUT2D eigenvalue weighted by Crippen LogP contribution is -2.34. The third-order valence-corrected chi connectivity index (χ3v) is 4.70. The van der Waals surface area contributed by atoms with Gasteiger partial charge in [-0.15, -0.1) is 0 Å². The summed E-state index contributed by atoms with van der Waals surface area (Å²) < 4.78 is 13.3. The molecule has 1 aliphatic heterocycles. The van der Waals surface area contributed by atoms with Crippen LogP contribution in [0.3, 0.4) is 0 Å². The van der Waals surface area contributed by atoms with Crippen molar-refractivity contribution in [2.75, 3.05) is 10.2 Å². The SMILES string of the molecule is O=C(NC(=S)Nc1cccc2c1C(=O)N(c1ccccc1)C2=O)c1cccc(F)c1. The minimum atomic E-state index is -0.604. The number of anilines is 2. The highest BCUT2D eigenvalue weighted by molar-refractivity contribution is 7.80. The summed E-state index contributed by atoms with van der Waals surface area (Å²) in [4.78, 5) is 39.1. The van der Waals surface area contributed by atoms with E-state index in [9.17, 15) is 18.8 Å². The largest absolute Gasteiger partial charge is 0.332 e. The number of nitrogens with one attached hydrogen (secondary N) is 2. The first-order chi connectivity index (χ1) is 14.5. The normalized spacial score (nSPS) is 12.5. The van der Waals surface area contributed by atoms with Crippen LogP contribution in [0.4, 0.5) is 15.8 Å². The van der Waals surface area contributed by atoms with Gasteiger partial charge in [-0.25, -0.2) is 9.29 Å². The monoisotopic (exact) mass is 419 g/mol. The molecule has 1 heterocycles. The molecule has 3 amide bonds. The van der Waals surface area contributed by atoms with E-state index in [2.05, 4.69) is 10.6 Å². The molecule has 148 valence electrons. The molecule has 3 aromatic rings. The van der Waals surface area contributed by atoms with E-state index in [-0.39, 0.29) is 27.5 Å². The summed E-state index contributed by atoms with van der Waals surface area (Å²) >= 11 is 5.16. The Kier molecular flexibility index (Phi) is 5.07. The number of nitrogens with zero attached hydrogens (tertiary/aromatic N) is 1. The Morgan fingerprint density at radius 3 is 2.37 bits per heavy atom. The zero-order chi connectivity index (χ0) is 21.3. The lowest BCUT2D eigenvalue weighted by Gasteiger charge is -2.14. The number of carbonyl (C=O) groups is 3. The van der Waals surface area contributed by atoms with Crippen LogP contribution in [0.25, 0.3) is 0 Å². The molecule has 6 nitrogen and oxygen atoms in total. The van der Waals surface area contributed by atoms with E-state index in [0.29, 0.717) is 5.69 Å². The Labute approximate surface area is 176 Å². The van der Waals surface area contributed by atoms with Gasteiger partial charge < -0.3 is 5.32 Å². The standard InChI is InChI=1S/C22H14FN3O3S/c23-14-7-4-6-13(12-14)19(27)25-22(30)24-17-11-5-10-16-18(17)21(29)26(20(16)28)15-8-2-1-3-9-15/h1-12H,(H2,24,25,27,30). The molecule has 8 heteroatoms. The summed E-state index contributed by atoms with van der Waals surface area (Å²) in [5.74, 6) is -2.09. The number of halogens is 1. The third kappa shape index (κ3) is 3.56. The van der Waals surface area contributed by atoms with Crippen molar-refractivity contribution in [2.45, 2.75) is 0 Å². The van der Waals surface area contributed by atoms with Gasteiger partial charge in [-0.3, -0.25) is 19.7 Å². The molecule has 0 saturated carbocycles. The molecule has 3 aromatic carbocycles. The predicted octanol–water partition coefficient (Wildman–Crippen LogP) is 3.75. The summed E-state index contributed by atoms with van der Waals surface area (Å²) in [5, 5.41) is 5.14. The quantitative estimate of drug-likeness (QED) is 0.499. The van der Waals surface area contributed by atoms with Gasteiger partial charge >= 0.3 is 0 Å². The van der Waals surface area contributed by atoms with Gasteiger partial charge in [0.25, 0.3) is 17.7 Å². The van der Waals surface area contributed by atoms with Crippen LogP contribution in [0.5, 0.6) is 0 Å². The van der Waals surface area contributed by atoms with Crippen LogP contribution in [0.15, 0.2) is 72.8 Å². The van der Waals surface area contributed by atoms with E-state index in [0.717, 1.165) is 11.0 Å². The second-order valence-electron chi connectivity index (χ2n) is 6.43. The number of amides is 3. The van der Waals surface area contributed by atoms with Crippen LogP contribution < -0.4 is 15.5 Å². The maximum absolute atomic E-state index is 13.3. The fourth-order valence-corrected chi connectivity index (χ4v) is 3.36. The smallest absolute Gasteiger partial charge is 0.268 e. The van der Waals surface area contributed by atoms with Crippen molar-refractivity contribution in [3.8, 4) is 0 Å². The Balaban J connectivity index is 1.57. The molecule has 0 saturated heterocycles. The summed E-state index contributed by atoms with van der Waals surface area (Å²) in [5.41, 5.74) is 1.23. The fourth-order valence-electron chi connectivity index (χ4n) is 3.16. The lowest BCUT2D eigenvalue weighted by atomic mass is 10.1. The molecule has 4 rings (SSSR count). The molecule has 0 bridgehead atoms. The zero-order valence-corrected chi connectivity index (χ0v) is 16.2. The van der Waals surface area contributed by atoms with Gasteiger partial charge in [-0.05, 0) is 54.7 Å². The van der Waals surface area contributed by atoms with Gasteiger partial charge in [0.05, 0.1) is 22.5 Å². The first-order valence-electron chi connectivity index (χ1n) is 8.90. The zero-order valence-electron chi connectivity index (χ0n) is 15.4. The van der Waals surface area contributed by atoms with Gasteiger partial charge in [0, 0.05) is 5.56 Å². The minimum Gasteiger partial charge on any atom is -0.332 e. The summed E-state index contributed by atoms with van der Waals surface area (Å²) in [7, 11) is 0. The van der Waals surface area contributed by atoms with E-state index in [4.69, 9.17) is 12.2 Å². The van der Waals surface area contributed by atoms with Gasteiger partial charge in [-0.2, -0.15) is 0 Å². The van der Waals surface area contributed by atoms with Gasteiger partial charge in [0.2, 0.25) is 0 Å². The average molecular weight is 419 g/mol. The molecule has 0 aromatic heterocycles. The second-order valence-corrected chi connectivity index (χ2v) is 6.84. The van der Waals surface area contributed by atoms with Crippen molar-refractivity contribution < 1.29 is 18.8 Å². The number of imide groups is 1. The average Bonchev–Trinajstić information content (AvgIpc) is 2.99. The van der Waals surface area contributed by atoms with E-state index >= 15 is 0 Å². The van der Waals surface area contributed by atoms with Crippen molar-refractivity contribution in [3.63, 3.8) is 0 Å². The molecule has 0 aliphatic carbocycles. The minimum absolute atomic E-state index is 0.0870. The van der Waals surface area contributed by atoms with Crippen molar-refractivity contribution in [3.05, 3.63) is 95.3 Å². The first-order valence-corrected chi connectivity index (χ1v) is 9.31. The number of para-hydroxylation sites is 1. The summed E-state index contributed by atoms with van der Waals surface area (Å²) in [6, 6.07) is 18.5. The second kappa shape index (κ2) is 7.84. The first kappa shape index (κ1) is 19.4. The van der Waals surface area contributed by atoms with Crippen molar-refractivity contribution in [1.29, 1.82) is 0 Å². The van der Waals surface area contributed by atoms with Crippen LogP contribution in [-0.4, -0.2) is 22.8 Å². The topological polar surface area (TPSA) is 78.5 Å². The number of hydrogen-bond donors (Lipinski definition) is 2. The number of carbonyl (C=O) groups excluding carboxylic acids is 3. The number of rotatable bonds is 3. The van der Waals surface area contributed by atoms with Crippen LogP contribution in [-0.2, 0) is 0 Å². The van der Waals surface area contributed by atoms with Crippen LogP contribution >= 0.6 is 12.2 Å². The molecular formula is C22H14FN3O3S. The van der Waals surface area contributed by atoms with Crippen molar-refractivity contribution in [2.24, 2.45) is 0 Å². The molecule has 0 spiro atoms. The van der Waals surface area contributed by atoms with Crippen molar-refractivity contribution >= 4 is 46.4 Å². The van der Waals surface area contributed by atoms with Gasteiger partial charge in [0.15, 0.2) is 5.11 Å². The number of hydrogen-bond acceptors (Lipinski definition) is 4. The number of benzene rings is 3. The molecular weight excluding hydrogens is 405 g/mol. The molecule has 0 fully saturated rings. The predicted molar refractivity (Wildman–Crippen MR) is 114 cm³/mol. The van der Waals surface area contributed by atoms with Gasteiger partial charge in [0.1, 0.15) is 5.82 Å². The third-order valence-electron chi connectivity index (χ3n) is 4.49. The molecule has 0 radical (unpaired) electrons. The highest BCUT2D eigenvalue weighted by Crippen LogP contribution is 2.32. The Morgan fingerprint density at radius 2 is 1.63 bits per heavy atom. The summed E-state index contributed by atoms with van der Waals surface area (Å²) in [6.07, 6.45) is 0. The molecule has 2 N–H and O–H groups in total. The summed E-state index contributed by atoms with van der Waals surface area (Å²) in [6.45, 7) is 0. The maximum Gasteiger partial charge on any atom is 0.268 e. The molecule has 0 unspecified atom stereocenters. The Bertz CT molecular complexity index is 1200. The van der Waals surface area contributed by atoms with E-state index in [1.54, 1.807) is 48.5 Å². The Hall–Kier alpha value is -3.91. The van der Waals surface area contributed by atoms with E-state index in [1.165, 1.54) is 18.2 Å². The van der Waals surface area contributed by atoms with Crippen molar-refractivity contribution in [1.82, 2.24) is 5.32 Å². The number of thiocarbonyl (C=S) groups is 1. The lowest BCUT2D eigenvalue weighted by molar-refractivity contribution is 0.0924. The van der Waals surface area contributed by atoms with Crippen LogP contribution in [0.1, 0.15) is 31.1 Å². The molecule has 30 heavy (non-hydrogen) atoms. The molecule has 1 aliphatic rings. The molecule has 0 atom stereocenters. The fraction of sp³-hybridized carbons (Fsp3) is 0. The van der Waals surface area contributed by atoms with E-state index in [1.807, 2.05) is 0 Å². The van der Waals surface area contributed by atoms with Crippen LogP contribution in [0, 0.1) is 5.82 Å². The highest BCUT2D eigenvalue weighted by Gasteiger charge is 2.38. The maximum atomic E-state index is 13.3. The Morgan fingerprint density at radius 1 is 0.900 bits per heavy atom. The van der Waals surface area contributed by atoms with E-state index < -0.39 is 23.5 Å².